The minimum atomic E-state index is -1.12. The zero-order valence-electron chi connectivity index (χ0n) is 39.3. The van der Waals surface area contributed by atoms with Gasteiger partial charge in [-0.05, 0) is 31.0 Å². The molecular formula is C53H92O8. The Kier molecular flexibility index (Phi) is 35.2. The van der Waals surface area contributed by atoms with E-state index in [0.717, 1.165) is 25.7 Å². The van der Waals surface area contributed by atoms with E-state index in [-0.39, 0.29) is 37.7 Å². The summed E-state index contributed by atoms with van der Waals surface area (Å²) in [6.07, 6.45) is 40.7. The molecule has 8 heteroatoms. The molecule has 2 aromatic rings. The summed E-state index contributed by atoms with van der Waals surface area (Å²) in [6.45, 7) is 6.03. The number of hydrogen-bond acceptors (Lipinski definition) is 7. The van der Waals surface area contributed by atoms with E-state index in [2.05, 4.69) is 13.8 Å². The largest absolute Gasteiger partial charge is 0.490 e. The minimum Gasteiger partial charge on any atom is -0.490 e. The van der Waals surface area contributed by atoms with Crippen molar-refractivity contribution in [2.24, 2.45) is 0 Å². The lowest BCUT2D eigenvalue weighted by Gasteiger charge is -2.18. The van der Waals surface area contributed by atoms with Gasteiger partial charge in [-0.25, -0.2) is 4.79 Å². The third-order valence-corrected chi connectivity index (χ3v) is 12.0. The van der Waals surface area contributed by atoms with Crippen molar-refractivity contribution in [3.05, 3.63) is 35.9 Å². The molecule has 2 atom stereocenters. The Balaban J connectivity index is 1.55. The second-order valence-electron chi connectivity index (χ2n) is 17.8. The summed E-state index contributed by atoms with van der Waals surface area (Å²) in [5.74, 6) is -0.428. The van der Waals surface area contributed by atoms with E-state index in [1.165, 1.54) is 186 Å². The van der Waals surface area contributed by atoms with Gasteiger partial charge in [0.1, 0.15) is 42.5 Å². The number of aromatic carboxylic acids is 1. The predicted octanol–water partition coefficient (Wildman–Crippen LogP) is 14.6. The van der Waals surface area contributed by atoms with Gasteiger partial charge in [-0.1, -0.05) is 219 Å². The molecule has 2 aromatic carbocycles. The number of fused-ring (bicyclic) bond motifs is 1. The third-order valence-electron chi connectivity index (χ3n) is 12.0. The van der Waals surface area contributed by atoms with Gasteiger partial charge in [0.2, 0.25) is 0 Å². The number of aliphatic hydroxyl groups is 2. The number of ether oxygens (including phenoxy) is 4. The summed E-state index contributed by atoms with van der Waals surface area (Å²) < 4.78 is 23.4. The predicted molar refractivity (Wildman–Crippen MR) is 255 cm³/mol. The van der Waals surface area contributed by atoms with E-state index in [0.29, 0.717) is 29.7 Å². The van der Waals surface area contributed by atoms with Crippen molar-refractivity contribution in [3.63, 3.8) is 0 Å². The van der Waals surface area contributed by atoms with E-state index in [4.69, 9.17) is 18.9 Å². The molecule has 0 aliphatic heterocycles. The van der Waals surface area contributed by atoms with Crippen LogP contribution in [0, 0.1) is 0 Å². The molecule has 0 saturated carbocycles. The van der Waals surface area contributed by atoms with Crippen molar-refractivity contribution in [1.82, 2.24) is 0 Å². The number of hydrogen-bond donors (Lipinski definition) is 3. The molecule has 0 aliphatic rings. The number of rotatable bonds is 45. The van der Waals surface area contributed by atoms with Gasteiger partial charge in [0, 0.05) is 24.0 Å². The molecule has 0 heterocycles. The zero-order chi connectivity index (χ0) is 43.9. The molecular weight excluding hydrogens is 765 g/mol. The van der Waals surface area contributed by atoms with Crippen molar-refractivity contribution < 1.29 is 39.1 Å². The van der Waals surface area contributed by atoms with Crippen molar-refractivity contribution in [1.29, 1.82) is 0 Å². The lowest BCUT2D eigenvalue weighted by Crippen LogP contribution is -2.24. The first-order valence-corrected chi connectivity index (χ1v) is 25.5. The molecule has 2 unspecified atom stereocenters. The van der Waals surface area contributed by atoms with Crippen LogP contribution in [-0.4, -0.2) is 73.1 Å². The van der Waals surface area contributed by atoms with E-state index >= 15 is 0 Å². The van der Waals surface area contributed by atoms with Gasteiger partial charge < -0.3 is 34.3 Å². The third kappa shape index (κ3) is 28.8. The maximum absolute atomic E-state index is 12.1. The normalized spacial score (nSPS) is 12.6. The molecule has 2 rings (SSSR count). The Bertz CT molecular complexity index is 1300. The van der Waals surface area contributed by atoms with E-state index in [1.807, 2.05) is 0 Å². The molecule has 352 valence electrons. The first-order valence-electron chi connectivity index (χ1n) is 25.5. The molecule has 0 radical (unpaired) electrons. The quantitative estimate of drug-likeness (QED) is 0.0564. The summed E-state index contributed by atoms with van der Waals surface area (Å²) in [5, 5.41) is 32.3. The number of benzene rings is 2. The average molecular weight is 857 g/mol. The summed E-state index contributed by atoms with van der Waals surface area (Å²) >= 11 is 0. The summed E-state index contributed by atoms with van der Waals surface area (Å²) in [6, 6.07) is 8.52. The summed E-state index contributed by atoms with van der Waals surface area (Å²) in [7, 11) is 0. The van der Waals surface area contributed by atoms with Gasteiger partial charge in [-0.15, -0.1) is 0 Å². The first-order chi connectivity index (χ1) is 30.0. The van der Waals surface area contributed by atoms with Gasteiger partial charge in [0.15, 0.2) is 0 Å². The molecule has 0 saturated heterocycles. The fourth-order valence-electron chi connectivity index (χ4n) is 8.16. The van der Waals surface area contributed by atoms with Gasteiger partial charge in [-0.3, -0.25) is 0 Å². The molecule has 0 aliphatic carbocycles. The van der Waals surface area contributed by atoms with Crippen LogP contribution in [0.25, 0.3) is 10.8 Å². The van der Waals surface area contributed by atoms with Crippen LogP contribution < -0.4 is 9.47 Å². The first kappa shape index (κ1) is 54.7. The smallest absolute Gasteiger partial charge is 0.339 e. The fraction of sp³-hybridized carbons (Fsp3) is 0.792. The van der Waals surface area contributed by atoms with E-state index in [9.17, 15) is 20.1 Å². The minimum absolute atomic E-state index is 0.00783. The highest BCUT2D eigenvalue weighted by Crippen LogP contribution is 2.35. The van der Waals surface area contributed by atoms with Crippen molar-refractivity contribution in [3.8, 4) is 11.5 Å². The van der Waals surface area contributed by atoms with Crippen LogP contribution in [-0.2, 0) is 9.47 Å². The SMILES string of the molecule is CCCCCCCCCCCCCCCCCCOCC(O)COc1cccc2c(OCC(O)COCCCCCCCCCCCCCCCCCC)c(C(=O)O)ccc12. The van der Waals surface area contributed by atoms with Gasteiger partial charge in [-0.2, -0.15) is 0 Å². The monoisotopic (exact) mass is 857 g/mol. The van der Waals surface area contributed by atoms with Crippen LogP contribution in [0.1, 0.15) is 230 Å². The van der Waals surface area contributed by atoms with Crippen molar-refractivity contribution in [2.75, 3.05) is 39.6 Å². The van der Waals surface area contributed by atoms with Gasteiger partial charge in [0.05, 0.1) is 13.2 Å². The number of carbonyl (C=O) groups is 1. The topological polar surface area (TPSA) is 115 Å². The number of unbranched alkanes of at least 4 members (excludes halogenated alkanes) is 30. The number of aliphatic hydroxyl groups excluding tert-OH is 2. The highest BCUT2D eigenvalue weighted by Gasteiger charge is 2.19. The zero-order valence-corrected chi connectivity index (χ0v) is 39.3. The van der Waals surface area contributed by atoms with Gasteiger partial charge in [0.25, 0.3) is 0 Å². The van der Waals surface area contributed by atoms with E-state index < -0.39 is 18.2 Å². The molecule has 0 aromatic heterocycles. The Morgan fingerprint density at radius 1 is 0.443 bits per heavy atom. The standard InChI is InChI=1S/C53H92O8/c1-3-5-7-9-11-13-15-17-19-21-23-25-27-29-31-33-40-58-42-46(54)44-60-51-37-35-36-49-48(51)38-39-50(53(56)57)52(49)61-45-47(55)43-59-41-34-32-30-28-26-24-22-20-18-16-14-12-10-8-6-4-2/h35-39,46-47,54-55H,3-34,40-45H2,1-2H3,(H,56,57). The van der Waals surface area contributed by atoms with Crippen LogP contribution >= 0.6 is 0 Å². The molecule has 0 amide bonds. The van der Waals surface area contributed by atoms with Crippen LogP contribution in [0.5, 0.6) is 11.5 Å². The van der Waals surface area contributed by atoms with Crippen LogP contribution in [0.2, 0.25) is 0 Å². The Morgan fingerprint density at radius 2 is 0.803 bits per heavy atom. The van der Waals surface area contributed by atoms with E-state index in [1.54, 1.807) is 24.3 Å². The number of carboxylic acid groups (broad SMARTS) is 1. The van der Waals surface area contributed by atoms with Crippen LogP contribution in [0.15, 0.2) is 30.3 Å². The second-order valence-corrected chi connectivity index (χ2v) is 17.8. The Labute approximate surface area is 373 Å². The Morgan fingerprint density at radius 3 is 1.18 bits per heavy atom. The second kappa shape index (κ2) is 39.2. The highest BCUT2D eigenvalue weighted by atomic mass is 16.5. The van der Waals surface area contributed by atoms with Crippen LogP contribution in [0.3, 0.4) is 0 Å². The fourth-order valence-corrected chi connectivity index (χ4v) is 8.16. The average Bonchev–Trinajstić information content (AvgIpc) is 3.26. The summed E-state index contributed by atoms with van der Waals surface area (Å²) in [4.78, 5) is 12.1. The molecule has 61 heavy (non-hydrogen) atoms. The maximum atomic E-state index is 12.1. The molecule has 0 bridgehead atoms. The maximum Gasteiger partial charge on any atom is 0.339 e. The molecule has 0 spiro atoms. The lowest BCUT2D eigenvalue weighted by molar-refractivity contribution is 0.0108. The van der Waals surface area contributed by atoms with Crippen LogP contribution in [0.4, 0.5) is 0 Å². The van der Waals surface area contributed by atoms with Gasteiger partial charge >= 0.3 is 5.97 Å². The number of carboxylic acids is 1. The molecule has 8 nitrogen and oxygen atoms in total. The molecule has 3 N–H and O–H groups in total. The molecule has 0 fully saturated rings. The Hall–Kier alpha value is -2.39. The van der Waals surface area contributed by atoms with Crippen molar-refractivity contribution in [2.45, 2.75) is 232 Å². The summed E-state index contributed by atoms with van der Waals surface area (Å²) in [5.41, 5.74) is 0.00783. The lowest BCUT2D eigenvalue weighted by atomic mass is 10.0. The van der Waals surface area contributed by atoms with Crippen molar-refractivity contribution >= 4 is 16.7 Å². The highest BCUT2D eigenvalue weighted by molar-refractivity contribution is 6.02.